The van der Waals surface area contributed by atoms with Gasteiger partial charge in [-0.25, -0.2) is 4.79 Å². The predicted molar refractivity (Wildman–Crippen MR) is 195 cm³/mol. The third kappa shape index (κ3) is 4.81. The smallest absolute Gasteiger partial charge is 0.342 e. The van der Waals surface area contributed by atoms with Crippen molar-refractivity contribution in [2.75, 3.05) is 5.32 Å². The summed E-state index contributed by atoms with van der Waals surface area (Å²) >= 11 is 0. The summed E-state index contributed by atoms with van der Waals surface area (Å²) in [4.78, 5) is 27.4. The van der Waals surface area contributed by atoms with Crippen LogP contribution in [0.3, 0.4) is 0 Å². The van der Waals surface area contributed by atoms with Gasteiger partial charge in [0.1, 0.15) is 23.0 Å². The fourth-order valence-electron chi connectivity index (χ4n) is 12.9. The Bertz CT molecular complexity index is 1870. The number of amides is 1. The Morgan fingerprint density at radius 1 is 0.843 bits per heavy atom. The molecule has 268 valence electrons. The second-order valence-electron chi connectivity index (χ2n) is 17.5. The van der Waals surface area contributed by atoms with Crippen molar-refractivity contribution in [3.8, 4) is 23.0 Å². The summed E-state index contributed by atoms with van der Waals surface area (Å²) in [7, 11) is 0. The molecule has 6 aliphatic rings. The van der Waals surface area contributed by atoms with Gasteiger partial charge in [0.2, 0.25) is 5.91 Å². The zero-order valence-electron chi connectivity index (χ0n) is 30.2. The minimum atomic E-state index is -1.37. The number of rotatable bonds is 5. The Labute approximate surface area is 301 Å². The number of hydrogen-bond acceptors (Lipinski definition) is 6. The molecular weight excluding hydrogens is 638 g/mol. The van der Waals surface area contributed by atoms with E-state index in [0.717, 1.165) is 30.1 Å². The van der Waals surface area contributed by atoms with E-state index in [9.17, 15) is 19.8 Å². The van der Waals surface area contributed by atoms with Crippen LogP contribution in [0.1, 0.15) is 125 Å². The Morgan fingerprint density at radius 3 is 2.31 bits per heavy atom. The largest absolute Gasteiger partial charge is 0.508 e. The number of ether oxygens (including phenoxy) is 2. The third-order valence-corrected chi connectivity index (χ3v) is 15.2. The number of anilines is 1. The maximum atomic E-state index is 13.8. The molecule has 0 bridgehead atoms. The number of esters is 1. The molecule has 1 amide bonds. The fourth-order valence-corrected chi connectivity index (χ4v) is 12.9. The molecule has 3 N–H and O–H groups in total. The summed E-state index contributed by atoms with van der Waals surface area (Å²) in [5.74, 6) is 4.61. The van der Waals surface area contributed by atoms with E-state index in [1.54, 1.807) is 18.2 Å². The summed E-state index contributed by atoms with van der Waals surface area (Å²) in [6.07, 6.45) is 15.1. The maximum Gasteiger partial charge on any atom is 0.342 e. The number of carbonyl (C=O) groups is 2. The molecule has 2 heterocycles. The molecule has 4 fully saturated rings. The van der Waals surface area contributed by atoms with Gasteiger partial charge in [-0.05, 0) is 134 Å². The standard InChI is InChI=1S/C44H51NO6/c1-25(30-17-18-31-29-14-11-26-7-4-5-21-42(26,2)32(29)20-22-43(30,31)3)10-19-39(48)45-36-9-6-8-35-40(36)41(49)51-44(35)33-15-12-27(46)23-37(33)50-38-24-28(47)13-16-34(38)44/h6,8-9,12-13,15-16,23-26,29-32,46-47H,4-5,7,10-11,14,17-22H2,1-3H3,(H,45,48)/t25-,26?,29?,30-,31?,32?,42+,43-/m1/s1. The molecule has 0 saturated heterocycles. The van der Waals surface area contributed by atoms with Gasteiger partial charge in [0.15, 0.2) is 5.60 Å². The Balaban J connectivity index is 0.926. The summed E-state index contributed by atoms with van der Waals surface area (Å²) < 4.78 is 12.4. The van der Waals surface area contributed by atoms with E-state index in [1.807, 2.05) is 12.1 Å². The summed E-state index contributed by atoms with van der Waals surface area (Å²) in [5, 5.41) is 23.6. The number of carbonyl (C=O) groups excluding carboxylic acids is 2. The summed E-state index contributed by atoms with van der Waals surface area (Å²) in [5.41, 5.74) is 1.97. The number of fused-ring (bicyclic) bond motifs is 11. The Hall–Kier alpha value is -4.00. The van der Waals surface area contributed by atoms with Gasteiger partial charge in [-0.2, -0.15) is 0 Å². The maximum absolute atomic E-state index is 13.8. The number of nitrogens with one attached hydrogen (secondary N) is 1. The first-order valence-electron chi connectivity index (χ1n) is 19.5. The van der Waals surface area contributed by atoms with E-state index in [-0.39, 0.29) is 17.4 Å². The molecule has 7 heteroatoms. The van der Waals surface area contributed by atoms with Crippen LogP contribution >= 0.6 is 0 Å². The van der Waals surface area contributed by atoms with Crippen LogP contribution in [0.25, 0.3) is 0 Å². The highest BCUT2D eigenvalue weighted by Crippen LogP contribution is 2.68. The molecular formula is C44H51NO6. The van der Waals surface area contributed by atoms with Gasteiger partial charge in [-0.3, -0.25) is 4.79 Å². The molecule has 51 heavy (non-hydrogen) atoms. The van der Waals surface area contributed by atoms with Crippen LogP contribution in [0.5, 0.6) is 23.0 Å². The van der Waals surface area contributed by atoms with Crippen molar-refractivity contribution < 1.29 is 29.3 Å². The molecule has 2 aliphatic heterocycles. The van der Waals surface area contributed by atoms with Crippen molar-refractivity contribution in [1.82, 2.24) is 0 Å². The molecule has 8 atom stereocenters. The molecule has 4 saturated carbocycles. The first kappa shape index (κ1) is 32.9. The number of hydrogen-bond donors (Lipinski definition) is 3. The lowest BCUT2D eigenvalue weighted by Crippen LogP contribution is -2.53. The summed E-state index contributed by atoms with van der Waals surface area (Å²) in [6.45, 7) is 7.62. The van der Waals surface area contributed by atoms with Crippen LogP contribution in [0.4, 0.5) is 5.69 Å². The van der Waals surface area contributed by atoms with Crippen LogP contribution in [0, 0.1) is 46.3 Å². The fraction of sp³-hybridized carbons (Fsp3) is 0.545. The average Bonchev–Trinajstić information content (AvgIpc) is 3.61. The Kier molecular flexibility index (Phi) is 7.58. The quantitative estimate of drug-likeness (QED) is 0.230. The van der Waals surface area contributed by atoms with E-state index in [4.69, 9.17) is 9.47 Å². The second kappa shape index (κ2) is 11.8. The molecule has 0 aromatic heterocycles. The van der Waals surface area contributed by atoms with Gasteiger partial charge in [0.25, 0.3) is 0 Å². The average molecular weight is 690 g/mol. The van der Waals surface area contributed by atoms with E-state index >= 15 is 0 Å². The Morgan fingerprint density at radius 2 is 1.57 bits per heavy atom. The lowest BCUT2D eigenvalue weighted by molar-refractivity contribution is -0.118. The van der Waals surface area contributed by atoms with Gasteiger partial charge >= 0.3 is 5.97 Å². The highest BCUT2D eigenvalue weighted by atomic mass is 16.6. The molecule has 7 nitrogen and oxygen atoms in total. The molecule has 3 aromatic rings. The minimum absolute atomic E-state index is 0.00279. The first-order valence-corrected chi connectivity index (χ1v) is 19.5. The molecule has 1 spiro atoms. The molecule has 3 aromatic carbocycles. The zero-order chi connectivity index (χ0) is 35.3. The van der Waals surface area contributed by atoms with E-state index in [1.165, 1.54) is 88.5 Å². The summed E-state index contributed by atoms with van der Waals surface area (Å²) in [6, 6.07) is 14.8. The predicted octanol–water partition coefficient (Wildman–Crippen LogP) is 10.1. The minimum Gasteiger partial charge on any atom is -0.508 e. The van der Waals surface area contributed by atoms with Crippen LogP contribution in [-0.4, -0.2) is 22.1 Å². The van der Waals surface area contributed by atoms with Gasteiger partial charge in [-0.1, -0.05) is 45.7 Å². The highest BCUT2D eigenvalue weighted by molar-refractivity contribution is 6.05. The van der Waals surface area contributed by atoms with E-state index in [0.29, 0.717) is 68.5 Å². The van der Waals surface area contributed by atoms with Crippen molar-refractivity contribution >= 4 is 17.6 Å². The number of phenolic OH excluding ortho intramolecular Hbond substituents is 2. The van der Waals surface area contributed by atoms with Crippen molar-refractivity contribution in [2.45, 2.75) is 103 Å². The number of benzene rings is 3. The van der Waals surface area contributed by atoms with Crippen molar-refractivity contribution in [3.05, 3.63) is 76.9 Å². The van der Waals surface area contributed by atoms with Crippen molar-refractivity contribution in [2.24, 2.45) is 46.3 Å². The lowest BCUT2D eigenvalue weighted by Gasteiger charge is -2.61. The van der Waals surface area contributed by atoms with Gasteiger partial charge in [0, 0.05) is 35.2 Å². The number of phenols is 2. The SMILES string of the molecule is C[C@H](CCC(=O)Nc1cccc2c1C(=O)OC21c2ccc(O)cc2Oc2cc(O)ccc21)[C@H]1CCC2C3CCC4CCCC[C@]4(C)C3CC[C@@]21C. The molecule has 9 rings (SSSR count). The zero-order valence-corrected chi connectivity index (χ0v) is 30.2. The molecule has 4 unspecified atom stereocenters. The first-order chi connectivity index (χ1) is 24.5. The van der Waals surface area contributed by atoms with Crippen molar-refractivity contribution in [1.29, 1.82) is 0 Å². The lowest BCUT2D eigenvalue weighted by atomic mass is 9.44. The van der Waals surface area contributed by atoms with Crippen LogP contribution in [0.2, 0.25) is 0 Å². The molecule has 4 aliphatic carbocycles. The topological polar surface area (TPSA) is 105 Å². The van der Waals surface area contributed by atoms with Crippen LogP contribution in [0.15, 0.2) is 54.6 Å². The van der Waals surface area contributed by atoms with E-state index in [2.05, 4.69) is 26.1 Å². The van der Waals surface area contributed by atoms with E-state index < -0.39 is 11.6 Å². The van der Waals surface area contributed by atoms with Crippen LogP contribution in [-0.2, 0) is 15.1 Å². The van der Waals surface area contributed by atoms with Gasteiger partial charge < -0.3 is 25.0 Å². The highest BCUT2D eigenvalue weighted by Gasteiger charge is 2.60. The molecule has 0 radical (unpaired) electrons. The second-order valence-corrected chi connectivity index (χ2v) is 17.5. The van der Waals surface area contributed by atoms with Gasteiger partial charge in [-0.15, -0.1) is 0 Å². The number of aromatic hydroxyl groups is 2. The van der Waals surface area contributed by atoms with Crippen LogP contribution < -0.4 is 10.1 Å². The third-order valence-electron chi connectivity index (χ3n) is 15.2. The van der Waals surface area contributed by atoms with Gasteiger partial charge in [0.05, 0.1) is 11.3 Å². The monoisotopic (exact) mass is 689 g/mol. The van der Waals surface area contributed by atoms with Crippen molar-refractivity contribution in [3.63, 3.8) is 0 Å². The normalized spacial score (nSPS) is 33.0.